The zero-order valence-electron chi connectivity index (χ0n) is 17.6. The van der Waals surface area contributed by atoms with Crippen molar-refractivity contribution in [2.75, 3.05) is 20.2 Å². The second-order valence-corrected chi connectivity index (χ2v) is 8.77. The predicted molar refractivity (Wildman–Crippen MR) is 113 cm³/mol. The Morgan fingerprint density at radius 3 is 2.73 bits per heavy atom. The summed E-state index contributed by atoms with van der Waals surface area (Å²) in [6.07, 6.45) is 6.97. The molecule has 2 heterocycles. The summed E-state index contributed by atoms with van der Waals surface area (Å²) in [5, 5.41) is 9.39. The van der Waals surface area contributed by atoms with Crippen LogP contribution in [0.4, 0.5) is 0 Å². The number of hydrogen-bond donors (Lipinski definition) is 2. The third-order valence-electron chi connectivity index (χ3n) is 6.79. The van der Waals surface area contributed by atoms with Crippen LogP contribution >= 0.6 is 0 Å². The first-order valence-electron chi connectivity index (χ1n) is 11.1. The highest BCUT2D eigenvalue weighted by molar-refractivity contribution is 5.81. The Morgan fingerprint density at radius 1 is 1.20 bits per heavy atom. The summed E-state index contributed by atoms with van der Waals surface area (Å²) >= 11 is 0. The first-order valence-corrected chi connectivity index (χ1v) is 11.1. The molecule has 1 aromatic heterocycles. The maximum absolute atomic E-state index is 13.1. The van der Waals surface area contributed by atoms with Gasteiger partial charge in [0.15, 0.2) is 0 Å². The molecule has 2 atom stereocenters. The Balaban J connectivity index is 1.52. The SMILES string of the molecule is COc1cccc2[nH]c(CC3CN(C(=O)C4CCCCC4)CCC3CC(=O)O)nc12. The fourth-order valence-electron chi connectivity index (χ4n) is 5.18. The van der Waals surface area contributed by atoms with E-state index in [0.717, 1.165) is 54.7 Å². The van der Waals surface area contributed by atoms with Crippen LogP contribution in [0.25, 0.3) is 11.0 Å². The predicted octanol–water partition coefficient (Wildman–Crippen LogP) is 3.63. The van der Waals surface area contributed by atoms with E-state index in [1.165, 1.54) is 6.42 Å². The normalized spacial score (nSPS) is 22.9. The number of nitrogens with zero attached hydrogens (tertiary/aromatic N) is 2. The van der Waals surface area contributed by atoms with Crippen LogP contribution in [0.1, 0.15) is 50.8 Å². The van der Waals surface area contributed by atoms with Gasteiger partial charge < -0.3 is 19.7 Å². The fraction of sp³-hybridized carbons (Fsp3) is 0.609. The van der Waals surface area contributed by atoms with Crippen molar-refractivity contribution >= 4 is 22.9 Å². The third-order valence-corrected chi connectivity index (χ3v) is 6.79. The zero-order chi connectivity index (χ0) is 21.1. The fourth-order valence-corrected chi connectivity index (χ4v) is 5.18. The average molecular weight is 414 g/mol. The number of likely N-dealkylation sites (tertiary alicyclic amines) is 1. The number of ether oxygens (including phenoxy) is 1. The number of amides is 1. The zero-order valence-corrected chi connectivity index (χ0v) is 17.6. The Kier molecular flexibility index (Phi) is 6.25. The minimum absolute atomic E-state index is 0.0491. The van der Waals surface area contributed by atoms with Crippen LogP contribution in [0.15, 0.2) is 18.2 Å². The first-order chi connectivity index (χ1) is 14.5. The molecule has 162 valence electrons. The van der Waals surface area contributed by atoms with Crippen LogP contribution in [-0.4, -0.2) is 52.1 Å². The number of benzene rings is 1. The van der Waals surface area contributed by atoms with E-state index in [9.17, 15) is 14.7 Å². The van der Waals surface area contributed by atoms with Gasteiger partial charge >= 0.3 is 5.97 Å². The second-order valence-electron chi connectivity index (χ2n) is 8.77. The van der Waals surface area contributed by atoms with Gasteiger partial charge in [-0.1, -0.05) is 25.3 Å². The number of nitrogens with one attached hydrogen (secondary N) is 1. The van der Waals surface area contributed by atoms with Crippen molar-refractivity contribution in [3.05, 3.63) is 24.0 Å². The number of imidazole rings is 1. The van der Waals surface area contributed by atoms with Crippen molar-refractivity contribution in [2.24, 2.45) is 17.8 Å². The van der Waals surface area contributed by atoms with E-state index in [0.29, 0.717) is 19.5 Å². The smallest absolute Gasteiger partial charge is 0.303 e. The number of carbonyl (C=O) groups excluding carboxylic acids is 1. The number of para-hydroxylation sites is 1. The molecule has 1 aliphatic carbocycles. The van der Waals surface area contributed by atoms with Gasteiger partial charge in [0.25, 0.3) is 0 Å². The molecule has 7 nitrogen and oxygen atoms in total. The molecular weight excluding hydrogens is 382 g/mol. The monoisotopic (exact) mass is 413 g/mol. The molecule has 0 radical (unpaired) electrons. The number of aromatic amines is 1. The number of methoxy groups -OCH3 is 1. The molecule has 2 N–H and O–H groups in total. The second kappa shape index (κ2) is 9.06. The van der Waals surface area contributed by atoms with Gasteiger partial charge in [0.2, 0.25) is 5.91 Å². The maximum Gasteiger partial charge on any atom is 0.303 e. The van der Waals surface area contributed by atoms with E-state index in [-0.39, 0.29) is 30.1 Å². The molecule has 1 aromatic carbocycles. The van der Waals surface area contributed by atoms with Crippen LogP contribution < -0.4 is 4.74 Å². The van der Waals surface area contributed by atoms with E-state index in [4.69, 9.17) is 9.72 Å². The molecule has 1 amide bonds. The number of carboxylic acids is 1. The van der Waals surface area contributed by atoms with Gasteiger partial charge in [0.1, 0.15) is 17.1 Å². The molecule has 1 saturated heterocycles. The molecule has 2 aromatic rings. The van der Waals surface area contributed by atoms with Gasteiger partial charge in [-0.15, -0.1) is 0 Å². The lowest BCUT2D eigenvalue weighted by molar-refractivity contribution is -0.141. The summed E-state index contributed by atoms with van der Waals surface area (Å²) in [5.74, 6) is 1.30. The molecular formula is C23H31N3O4. The van der Waals surface area contributed by atoms with E-state index in [2.05, 4.69) is 4.98 Å². The molecule has 2 unspecified atom stereocenters. The number of rotatable bonds is 6. The minimum Gasteiger partial charge on any atom is -0.494 e. The van der Waals surface area contributed by atoms with Crippen molar-refractivity contribution in [3.8, 4) is 5.75 Å². The molecule has 7 heteroatoms. The van der Waals surface area contributed by atoms with Gasteiger partial charge in [-0.2, -0.15) is 0 Å². The van der Waals surface area contributed by atoms with Gasteiger partial charge in [-0.25, -0.2) is 4.98 Å². The Hall–Kier alpha value is -2.57. The van der Waals surface area contributed by atoms with Gasteiger partial charge in [-0.3, -0.25) is 9.59 Å². The summed E-state index contributed by atoms with van der Waals surface area (Å²) in [6, 6.07) is 5.76. The average Bonchev–Trinajstić information content (AvgIpc) is 3.17. The highest BCUT2D eigenvalue weighted by Gasteiger charge is 2.35. The third kappa shape index (κ3) is 4.45. The highest BCUT2D eigenvalue weighted by atomic mass is 16.5. The van der Waals surface area contributed by atoms with Crippen LogP contribution in [0, 0.1) is 17.8 Å². The summed E-state index contributed by atoms with van der Waals surface area (Å²) in [5.41, 5.74) is 1.70. The van der Waals surface area contributed by atoms with Crippen molar-refractivity contribution in [3.63, 3.8) is 0 Å². The molecule has 1 aliphatic heterocycles. The maximum atomic E-state index is 13.1. The summed E-state index contributed by atoms with van der Waals surface area (Å²) in [4.78, 5) is 34.6. The summed E-state index contributed by atoms with van der Waals surface area (Å²) in [7, 11) is 1.63. The lowest BCUT2D eigenvalue weighted by Gasteiger charge is -2.40. The lowest BCUT2D eigenvalue weighted by Crippen LogP contribution is -2.47. The topological polar surface area (TPSA) is 95.5 Å². The highest BCUT2D eigenvalue weighted by Crippen LogP contribution is 2.33. The van der Waals surface area contributed by atoms with Gasteiger partial charge in [0.05, 0.1) is 12.6 Å². The van der Waals surface area contributed by atoms with E-state index in [1.807, 2.05) is 23.1 Å². The number of piperidine rings is 1. The van der Waals surface area contributed by atoms with Gasteiger partial charge in [-0.05, 0) is 43.2 Å². The van der Waals surface area contributed by atoms with E-state index in [1.54, 1.807) is 7.11 Å². The number of H-pyrrole nitrogens is 1. The quantitative estimate of drug-likeness (QED) is 0.754. The molecule has 2 aliphatic rings. The Labute approximate surface area is 176 Å². The number of fused-ring (bicyclic) bond motifs is 1. The van der Waals surface area contributed by atoms with E-state index < -0.39 is 5.97 Å². The van der Waals surface area contributed by atoms with Crippen LogP contribution in [0.3, 0.4) is 0 Å². The van der Waals surface area contributed by atoms with Crippen molar-refractivity contribution in [2.45, 2.75) is 51.4 Å². The lowest BCUT2D eigenvalue weighted by atomic mass is 9.80. The number of aromatic nitrogens is 2. The first kappa shape index (κ1) is 20.7. The van der Waals surface area contributed by atoms with Crippen LogP contribution in [0.2, 0.25) is 0 Å². The van der Waals surface area contributed by atoms with Crippen molar-refractivity contribution in [1.29, 1.82) is 0 Å². The molecule has 1 saturated carbocycles. The summed E-state index contributed by atoms with van der Waals surface area (Å²) < 4.78 is 5.41. The molecule has 0 spiro atoms. The number of carbonyl (C=O) groups is 2. The standard InChI is InChI=1S/C23H31N3O4/c1-30-19-9-5-8-18-22(19)25-20(24-18)12-17-14-26(11-10-16(17)13-21(27)28)23(29)15-6-3-2-4-7-15/h5,8-9,15-17H,2-4,6-7,10-14H2,1H3,(H,24,25)(H,27,28). The number of hydrogen-bond acceptors (Lipinski definition) is 4. The van der Waals surface area contributed by atoms with Crippen LogP contribution in [-0.2, 0) is 16.0 Å². The van der Waals surface area contributed by atoms with Crippen molar-refractivity contribution in [1.82, 2.24) is 14.9 Å². The number of aliphatic carboxylic acids is 1. The molecule has 30 heavy (non-hydrogen) atoms. The molecule has 4 rings (SSSR count). The summed E-state index contributed by atoms with van der Waals surface area (Å²) in [6.45, 7) is 1.28. The van der Waals surface area contributed by atoms with Gasteiger partial charge in [0, 0.05) is 31.8 Å². The Bertz CT molecular complexity index is 903. The van der Waals surface area contributed by atoms with Crippen molar-refractivity contribution < 1.29 is 19.4 Å². The molecule has 0 bridgehead atoms. The Morgan fingerprint density at radius 2 is 2.00 bits per heavy atom. The van der Waals surface area contributed by atoms with Crippen LogP contribution in [0.5, 0.6) is 5.75 Å². The van der Waals surface area contributed by atoms with E-state index >= 15 is 0 Å². The largest absolute Gasteiger partial charge is 0.494 e. The molecule has 2 fully saturated rings. The number of carboxylic acid groups (broad SMARTS) is 1. The minimum atomic E-state index is -0.775.